The van der Waals surface area contributed by atoms with Crippen molar-refractivity contribution in [1.82, 2.24) is 40.4 Å². The summed E-state index contributed by atoms with van der Waals surface area (Å²) < 4.78 is 9.50. The minimum absolute atomic E-state index is 0.104. The third kappa shape index (κ3) is 8.12. The van der Waals surface area contributed by atoms with E-state index in [9.17, 15) is 19.2 Å². The smallest absolute Gasteiger partial charge is 0.407 e. The molecule has 2 aliphatic rings. The number of likely N-dealkylation sites (tertiary alicyclic amines) is 2. The molecule has 4 atom stereocenters. The topological polar surface area (TPSA) is 175 Å². The lowest BCUT2D eigenvalue weighted by Crippen LogP contribution is -2.51. The predicted octanol–water partition coefficient (Wildman–Crippen LogP) is 6.22. The minimum Gasteiger partial charge on any atom is -0.453 e. The van der Waals surface area contributed by atoms with Crippen molar-refractivity contribution in [2.24, 2.45) is 11.8 Å². The molecule has 286 valence electrons. The van der Waals surface area contributed by atoms with Gasteiger partial charge in [-0.05, 0) is 59.8 Å². The summed E-state index contributed by atoms with van der Waals surface area (Å²) in [5.41, 5.74) is 5.78. The van der Waals surface area contributed by atoms with E-state index < -0.39 is 24.3 Å². The fourth-order valence-electron chi connectivity index (χ4n) is 7.38. The lowest BCUT2D eigenvalue weighted by Gasteiger charge is -2.30. The molecule has 2 aromatic carbocycles. The van der Waals surface area contributed by atoms with Gasteiger partial charge in [0.15, 0.2) is 0 Å². The average Bonchev–Trinajstić information content (AvgIpc) is 4.02. The van der Waals surface area contributed by atoms with E-state index in [1.165, 1.54) is 14.2 Å². The second-order valence-electron chi connectivity index (χ2n) is 14.6. The second kappa shape index (κ2) is 16.6. The fraction of sp³-hybridized carbons (Fsp3) is 0.450. The number of nitrogens with zero attached hydrogens (tertiary/aromatic N) is 4. The predicted molar refractivity (Wildman–Crippen MR) is 203 cm³/mol. The van der Waals surface area contributed by atoms with E-state index in [0.29, 0.717) is 13.1 Å². The van der Waals surface area contributed by atoms with Crippen LogP contribution < -0.4 is 10.6 Å². The summed E-state index contributed by atoms with van der Waals surface area (Å²) in [6.07, 6.45) is 5.61. The van der Waals surface area contributed by atoms with Crippen LogP contribution in [0.2, 0.25) is 0 Å². The molecule has 14 nitrogen and oxygen atoms in total. The SMILES string of the molecule is COC(=O)NC(C(=O)N1CCC[C@@H]1c1ncc(-c2ccc(-c3ccc(-c4cnc([C@H]5CCCN5C(=O)C(NC(=O)OC)C(C)C)[nH]4)cc3)cc2)[nH]1)C(C)C. The molecule has 2 aromatic heterocycles. The number of carbonyl (C=O) groups is 4. The quantitative estimate of drug-likeness (QED) is 0.140. The Morgan fingerprint density at radius 3 is 1.31 bits per heavy atom. The number of aromatic nitrogens is 4. The molecule has 6 rings (SSSR count). The zero-order valence-corrected chi connectivity index (χ0v) is 31.7. The monoisotopic (exact) mass is 738 g/mol. The zero-order valence-electron chi connectivity index (χ0n) is 31.7. The molecule has 0 saturated carbocycles. The molecule has 4 N–H and O–H groups in total. The number of alkyl carbamates (subject to hydrolysis) is 2. The van der Waals surface area contributed by atoms with Crippen LogP contribution >= 0.6 is 0 Å². The fourth-order valence-corrected chi connectivity index (χ4v) is 7.38. The Morgan fingerprint density at radius 1 is 0.630 bits per heavy atom. The number of nitrogens with one attached hydrogen (secondary N) is 4. The van der Waals surface area contributed by atoms with Gasteiger partial charge >= 0.3 is 12.2 Å². The van der Waals surface area contributed by atoms with Crippen LogP contribution in [0.5, 0.6) is 0 Å². The van der Waals surface area contributed by atoms with Gasteiger partial charge in [-0.2, -0.15) is 0 Å². The van der Waals surface area contributed by atoms with Gasteiger partial charge in [0.05, 0.1) is 50.1 Å². The zero-order chi connectivity index (χ0) is 38.5. The molecular weight excluding hydrogens is 688 g/mol. The van der Waals surface area contributed by atoms with E-state index in [1.54, 1.807) is 22.2 Å². The van der Waals surface area contributed by atoms with E-state index in [-0.39, 0.29) is 35.7 Å². The normalized spacial score (nSPS) is 18.1. The van der Waals surface area contributed by atoms with E-state index in [4.69, 9.17) is 9.47 Å². The van der Waals surface area contributed by atoms with Crippen molar-refractivity contribution in [3.05, 3.63) is 72.6 Å². The van der Waals surface area contributed by atoms with E-state index >= 15 is 0 Å². The third-order valence-electron chi connectivity index (χ3n) is 10.4. The number of aromatic amines is 2. The first kappa shape index (κ1) is 38.1. The van der Waals surface area contributed by atoms with Gasteiger partial charge in [0, 0.05) is 13.1 Å². The van der Waals surface area contributed by atoms with Crippen molar-refractivity contribution >= 4 is 24.0 Å². The Balaban J connectivity index is 1.11. The largest absolute Gasteiger partial charge is 0.453 e. The van der Waals surface area contributed by atoms with Crippen molar-refractivity contribution in [3.63, 3.8) is 0 Å². The highest BCUT2D eigenvalue weighted by atomic mass is 16.5. The maximum atomic E-state index is 13.5. The Labute approximate surface area is 315 Å². The highest BCUT2D eigenvalue weighted by Crippen LogP contribution is 2.35. The van der Waals surface area contributed by atoms with Crippen LogP contribution in [0.3, 0.4) is 0 Å². The number of hydrogen-bond donors (Lipinski definition) is 4. The molecular formula is C40H50N8O6. The van der Waals surface area contributed by atoms with Crippen LogP contribution in [0.15, 0.2) is 60.9 Å². The number of hydrogen-bond acceptors (Lipinski definition) is 8. The van der Waals surface area contributed by atoms with Crippen LogP contribution in [0.1, 0.15) is 77.1 Å². The van der Waals surface area contributed by atoms with Crippen LogP contribution in [0, 0.1) is 11.8 Å². The summed E-state index contributed by atoms with van der Waals surface area (Å²) in [5.74, 6) is 0.955. The van der Waals surface area contributed by atoms with Crippen LogP contribution in [-0.4, -0.2) is 93.1 Å². The third-order valence-corrected chi connectivity index (χ3v) is 10.4. The highest BCUT2D eigenvalue weighted by Gasteiger charge is 2.39. The maximum absolute atomic E-state index is 13.5. The van der Waals surface area contributed by atoms with Gasteiger partial charge in [-0.25, -0.2) is 19.6 Å². The molecule has 0 aliphatic carbocycles. The lowest BCUT2D eigenvalue weighted by atomic mass is 10.0. The number of methoxy groups -OCH3 is 2. The summed E-state index contributed by atoms with van der Waals surface area (Å²) in [4.78, 5) is 70.7. The number of rotatable bonds is 11. The molecule has 14 heteroatoms. The van der Waals surface area contributed by atoms with Gasteiger partial charge in [0.1, 0.15) is 23.7 Å². The van der Waals surface area contributed by atoms with Crippen LogP contribution in [0.25, 0.3) is 33.6 Å². The van der Waals surface area contributed by atoms with E-state index in [0.717, 1.165) is 71.0 Å². The molecule has 4 heterocycles. The molecule has 2 fully saturated rings. The average molecular weight is 739 g/mol. The Morgan fingerprint density at radius 2 is 0.981 bits per heavy atom. The standard InChI is InChI=1S/C40H50N8O6/c1-23(2)33(45-39(51)53-5)37(49)47-19-7-9-31(47)35-41-21-29(43-35)27-15-11-25(12-16-27)26-13-17-28(18-14-26)30-22-42-36(44-30)32-10-8-20-48(32)38(50)34(24(3)4)46-40(52)54-6/h11-18,21-24,31-34H,7-10,19-20H2,1-6H3,(H,41,43)(H,42,44)(H,45,51)(H,46,52)/t31-,32-,33?,34?/m1/s1. The number of ether oxygens (including phenoxy) is 2. The van der Waals surface area contributed by atoms with Crippen molar-refractivity contribution in [3.8, 4) is 33.6 Å². The molecule has 2 unspecified atom stereocenters. The first-order chi connectivity index (χ1) is 26.0. The molecule has 0 bridgehead atoms. The van der Waals surface area contributed by atoms with Gasteiger partial charge in [0.2, 0.25) is 11.8 Å². The Hall–Kier alpha value is -5.66. The number of benzene rings is 2. The molecule has 2 saturated heterocycles. The van der Waals surface area contributed by atoms with Crippen LogP contribution in [0.4, 0.5) is 9.59 Å². The molecule has 4 aromatic rings. The highest BCUT2D eigenvalue weighted by molar-refractivity contribution is 5.87. The summed E-state index contributed by atoms with van der Waals surface area (Å²) in [7, 11) is 2.58. The summed E-state index contributed by atoms with van der Waals surface area (Å²) in [6, 6.07) is 14.7. The molecule has 54 heavy (non-hydrogen) atoms. The van der Waals surface area contributed by atoms with E-state index in [2.05, 4.69) is 54.8 Å². The van der Waals surface area contributed by atoms with Crippen molar-refractivity contribution in [2.45, 2.75) is 77.5 Å². The summed E-state index contributed by atoms with van der Waals surface area (Å²) in [6.45, 7) is 8.78. The van der Waals surface area contributed by atoms with Gasteiger partial charge in [0.25, 0.3) is 0 Å². The number of H-pyrrole nitrogens is 2. The van der Waals surface area contributed by atoms with Crippen molar-refractivity contribution in [1.29, 1.82) is 0 Å². The minimum atomic E-state index is -0.687. The van der Waals surface area contributed by atoms with Gasteiger partial charge in [-0.1, -0.05) is 76.2 Å². The molecule has 0 radical (unpaired) electrons. The van der Waals surface area contributed by atoms with Gasteiger partial charge in [-0.15, -0.1) is 0 Å². The second-order valence-corrected chi connectivity index (χ2v) is 14.6. The first-order valence-electron chi connectivity index (χ1n) is 18.6. The Kier molecular flexibility index (Phi) is 11.7. The summed E-state index contributed by atoms with van der Waals surface area (Å²) >= 11 is 0. The summed E-state index contributed by atoms with van der Waals surface area (Å²) in [5, 5.41) is 5.38. The molecule has 4 amide bonds. The van der Waals surface area contributed by atoms with Crippen molar-refractivity contribution in [2.75, 3.05) is 27.3 Å². The maximum Gasteiger partial charge on any atom is 0.407 e. The molecule has 0 spiro atoms. The number of imidazole rings is 2. The van der Waals surface area contributed by atoms with Crippen molar-refractivity contribution < 1.29 is 28.7 Å². The van der Waals surface area contributed by atoms with Gasteiger partial charge in [-0.3, -0.25) is 9.59 Å². The number of amides is 4. The number of carbonyl (C=O) groups excluding carboxylic acids is 4. The van der Waals surface area contributed by atoms with E-state index in [1.807, 2.05) is 52.0 Å². The first-order valence-corrected chi connectivity index (χ1v) is 18.6. The molecule has 2 aliphatic heterocycles. The van der Waals surface area contributed by atoms with Crippen LogP contribution in [-0.2, 0) is 19.1 Å². The lowest BCUT2D eigenvalue weighted by molar-refractivity contribution is -0.136. The Bertz CT molecular complexity index is 1800. The van der Waals surface area contributed by atoms with Gasteiger partial charge < -0.3 is 39.9 Å².